The first kappa shape index (κ1) is 13.6. The van der Waals surface area contributed by atoms with E-state index in [2.05, 4.69) is 0 Å². The third kappa shape index (κ3) is 2.96. The molecule has 0 fully saturated rings. The number of benzene rings is 2. The Kier molecular flexibility index (Phi) is 4.21. The smallest absolute Gasteiger partial charge is 0.142 e. The first-order valence-electron chi connectivity index (χ1n) is 5.44. The molecule has 0 amide bonds. The Bertz CT molecular complexity index is 672. The zero-order chi connectivity index (χ0) is 13.8. The molecule has 2 rings (SSSR count). The average molecular weight is 292 g/mol. The van der Waals surface area contributed by atoms with Crippen LogP contribution in [0.25, 0.3) is 10.6 Å². The number of halogens is 3. The number of hydrogen-bond acceptors (Lipinski definition) is 1. The first-order chi connectivity index (χ1) is 9.13. The van der Waals surface area contributed by atoms with Crippen LogP contribution >= 0.6 is 23.2 Å². The predicted octanol–water partition coefficient (Wildman–Crippen LogP) is 5.11. The van der Waals surface area contributed by atoms with E-state index in [1.807, 2.05) is 12.1 Å². The molecule has 0 bridgehead atoms. The molecule has 19 heavy (non-hydrogen) atoms. The molecule has 1 nitrogen and oxygen atoms in total. The zero-order valence-electron chi connectivity index (χ0n) is 9.70. The van der Waals surface area contributed by atoms with Crippen LogP contribution < -0.4 is 0 Å². The van der Waals surface area contributed by atoms with Crippen LogP contribution in [0.4, 0.5) is 4.39 Å². The van der Waals surface area contributed by atoms with Crippen LogP contribution in [0.1, 0.15) is 11.1 Å². The van der Waals surface area contributed by atoms with E-state index in [0.717, 1.165) is 0 Å². The fourth-order valence-corrected chi connectivity index (χ4v) is 2.01. The lowest BCUT2D eigenvalue weighted by Gasteiger charge is -2.05. The summed E-state index contributed by atoms with van der Waals surface area (Å²) in [7, 11) is 0. The maximum Gasteiger partial charge on any atom is 0.142 e. The van der Waals surface area contributed by atoms with Crippen LogP contribution in [0.2, 0.25) is 5.02 Å². The Hall–Kier alpha value is -1.82. The fraction of sp³-hybridized carbons (Fsp3) is 0. The lowest BCUT2D eigenvalue weighted by atomic mass is 10.0. The van der Waals surface area contributed by atoms with Crippen LogP contribution in [0.3, 0.4) is 0 Å². The summed E-state index contributed by atoms with van der Waals surface area (Å²) in [4.78, 5) is 0. The quantitative estimate of drug-likeness (QED) is 0.557. The minimum Gasteiger partial charge on any atom is -0.205 e. The third-order valence-corrected chi connectivity index (χ3v) is 3.28. The number of rotatable bonds is 2. The van der Waals surface area contributed by atoms with Gasteiger partial charge in [0, 0.05) is 0 Å². The second-order valence-corrected chi connectivity index (χ2v) is 4.58. The van der Waals surface area contributed by atoms with Crippen molar-refractivity contribution in [2.24, 2.45) is 0 Å². The van der Waals surface area contributed by atoms with Gasteiger partial charge >= 0.3 is 0 Å². The van der Waals surface area contributed by atoms with Gasteiger partial charge in [-0.15, -0.1) is 0 Å². The molecule has 0 spiro atoms. The molecule has 0 saturated heterocycles. The molecule has 0 saturated carbocycles. The highest BCUT2D eigenvalue weighted by molar-refractivity contribution is 6.53. The second-order valence-electron chi connectivity index (χ2n) is 3.80. The number of allylic oxidation sites excluding steroid dienone is 1. The Morgan fingerprint density at radius 3 is 2.32 bits per heavy atom. The standard InChI is InChI=1S/C15H8Cl2FN/c16-13-7-6-11(8-14(13)18)15(17)12(9-19)10-4-2-1-3-5-10/h1-8H/b15-12+. The van der Waals surface area contributed by atoms with Gasteiger partial charge in [-0.1, -0.05) is 59.6 Å². The van der Waals surface area contributed by atoms with E-state index in [1.165, 1.54) is 12.1 Å². The maximum atomic E-state index is 13.4. The summed E-state index contributed by atoms with van der Waals surface area (Å²) in [5.74, 6) is -0.567. The summed E-state index contributed by atoms with van der Waals surface area (Å²) in [6, 6.07) is 15.2. The van der Waals surface area contributed by atoms with Crippen LogP contribution in [0, 0.1) is 17.1 Å². The molecule has 4 heteroatoms. The molecule has 0 aliphatic heterocycles. The Balaban J connectivity index is 2.56. The van der Waals surface area contributed by atoms with Gasteiger partial charge in [-0.2, -0.15) is 5.26 Å². The van der Waals surface area contributed by atoms with Crippen molar-refractivity contribution in [3.63, 3.8) is 0 Å². The first-order valence-corrected chi connectivity index (χ1v) is 6.20. The second kappa shape index (κ2) is 5.88. The zero-order valence-corrected chi connectivity index (χ0v) is 11.2. The Morgan fingerprint density at radius 2 is 1.74 bits per heavy atom. The molecular weight excluding hydrogens is 284 g/mol. The SMILES string of the molecule is N#C/C(=C(\Cl)c1ccc(Cl)c(F)c1)c1ccccc1. The lowest BCUT2D eigenvalue weighted by molar-refractivity contribution is 0.628. The normalized spacial score (nSPS) is 11.7. The predicted molar refractivity (Wildman–Crippen MR) is 76.1 cm³/mol. The molecule has 0 aliphatic rings. The molecule has 0 heterocycles. The highest BCUT2D eigenvalue weighted by Crippen LogP contribution is 2.30. The van der Waals surface area contributed by atoms with Gasteiger partial charge in [0.05, 0.1) is 15.6 Å². The van der Waals surface area contributed by atoms with Crippen LogP contribution in [-0.4, -0.2) is 0 Å². The summed E-state index contributed by atoms with van der Waals surface area (Å²) < 4.78 is 13.4. The van der Waals surface area contributed by atoms with Crippen LogP contribution in [0.15, 0.2) is 48.5 Å². The molecule has 2 aromatic rings. The topological polar surface area (TPSA) is 23.8 Å². The van der Waals surface area contributed by atoms with E-state index in [4.69, 9.17) is 23.2 Å². The molecule has 0 N–H and O–H groups in total. The number of nitrogens with zero attached hydrogens (tertiary/aromatic N) is 1. The van der Waals surface area contributed by atoms with Gasteiger partial charge in [0.25, 0.3) is 0 Å². The Labute approximate surface area is 120 Å². The van der Waals surface area contributed by atoms with Crippen molar-refractivity contribution < 1.29 is 4.39 Å². The van der Waals surface area contributed by atoms with E-state index in [9.17, 15) is 9.65 Å². The molecular formula is C15H8Cl2FN. The number of nitriles is 1. The van der Waals surface area contributed by atoms with Crippen LogP contribution in [0.5, 0.6) is 0 Å². The van der Waals surface area contributed by atoms with Crippen molar-refractivity contribution in [1.29, 1.82) is 5.26 Å². The van der Waals surface area contributed by atoms with Gasteiger partial charge in [-0.05, 0) is 23.3 Å². The van der Waals surface area contributed by atoms with Crippen molar-refractivity contribution in [3.05, 3.63) is 70.5 Å². The molecule has 0 unspecified atom stereocenters. The summed E-state index contributed by atoms with van der Waals surface area (Å²) in [5.41, 5.74) is 1.40. The largest absolute Gasteiger partial charge is 0.205 e. The summed E-state index contributed by atoms with van der Waals surface area (Å²) in [6.45, 7) is 0. The van der Waals surface area contributed by atoms with Gasteiger partial charge < -0.3 is 0 Å². The van der Waals surface area contributed by atoms with Gasteiger partial charge in [0.2, 0.25) is 0 Å². The maximum absolute atomic E-state index is 13.4. The molecule has 0 aliphatic carbocycles. The third-order valence-electron chi connectivity index (χ3n) is 2.57. The average Bonchev–Trinajstić information content (AvgIpc) is 2.44. The van der Waals surface area contributed by atoms with E-state index >= 15 is 0 Å². The summed E-state index contributed by atoms with van der Waals surface area (Å²) in [5, 5.41) is 9.44. The summed E-state index contributed by atoms with van der Waals surface area (Å²) in [6.07, 6.45) is 0. The molecule has 0 aromatic heterocycles. The van der Waals surface area contributed by atoms with Gasteiger partial charge in [-0.25, -0.2) is 4.39 Å². The van der Waals surface area contributed by atoms with Crippen molar-refractivity contribution >= 4 is 33.8 Å². The monoisotopic (exact) mass is 291 g/mol. The highest BCUT2D eigenvalue weighted by Gasteiger charge is 2.11. The van der Waals surface area contributed by atoms with Crippen molar-refractivity contribution in [1.82, 2.24) is 0 Å². The van der Waals surface area contributed by atoms with E-state index in [1.54, 1.807) is 30.3 Å². The van der Waals surface area contributed by atoms with E-state index in [-0.39, 0.29) is 10.1 Å². The minimum atomic E-state index is -0.567. The summed E-state index contributed by atoms with van der Waals surface area (Å²) >= 11 is 11.8. The van der Waals surface area contributed by atoms with Crippen molar-refractivity contribution in [2.45, 2.75) is 0 Å². The molecule has 94 valence electrons. The van der Waals surface area contributed by atoms with Gasteiger partial charge in [0.1, 0.15) is 11.9 Å². The minimum absolute atomic E-state index is 0.0198. The van der Waals surface area contributed by atoms with Crippen LogP contribution in [-0.2, 0) is 0 Å². The molecule has 0 atom stereocenters. The van der Waals surface area contributed by atoms with E-state index in [0.29, 0.717) is 16.7 Å². The van der Waals surface area contributed by atoms with Gasteiger partial charge in [0.15, 0.2) is 0 Å². The lowest BCUT2D eigenvalue weighted by Crippen LogP contribution is -1.87. The number of hydrogen-bond donors (Lipinski definition) is 0. The Morgan fingerprint density at radius 1 is 1.05 bits per heavy atom. The molecule has 0 radical (unpaired) electrons. The highest BCUT2D eigenvalue weighted by atomic mass is 35.5. The van der Waals surface area contributed by atoms with Crippen molar-refractivity contribution in [2.75, 3.05) is 0 Å². The molecule has 2 aromatic carbocycles. The fourth-order valence-electron chi connectivity index (χ4n) is 1.62. The van der Waals surface area contributed by atoms with E-state index < -0.39 is 5.82 Å². The van der Waals surface area contributed by atoms with Crippen molar-refractivity contribution in [3.8, 4) is 6.07 Å². The van der Waals surface area contributed by atoms with Gasteiger partial charge in [-0.3, -0.25) is 0 Å².